The molecule has 2 aliphatic heterocycles. The van der Waals surface area contributed by atoms with Crippen LogP contribution in [0.3, 0.4) is 0 Å². The third-order valence-electron chi connectivity index (χ3n) is 5.35. The first kappa shape index (κ1) is 17.7. The molecule has 144 valence electrons. The number of urea groups is 1. The van der Waals surface area contributed by atoms with Crippen molar-refractivity contribution in [2.24, 2.45) is 5.73 Å². The number of rotatable bonds is 4. The topological polar surface area (TPSA) is 84.6 Å². The fourth-order valence-electron chi connectivity index (χ4n) is 4.03. The lowest BCUT2D eigenvalue weighted by atomic mass is 10.2. The van der Waals surface area contributed by atoms with Gasteiger partial charge in [-0.3, -0.25) is 4.90 Å². The van der Waals surface area contributed by atoms with Crippen LogP contribution in [-0.2, 0) is 6.54 Å². The average Bonchev–Trinajstić information content (AvgIpc) is 3.36. The number of amides is 2. The Labute approximate surface area is 170 Å². The van der Waals surface area contributed by atoms with E-state index in [4.69, 9.17) is 22.1 Å². The average molecular weight is 416 g/mol. The van der Waals surface area contributed by atoms with Crippen LogP contribution in [0.2, 0.25) is 5.02 Å². The van der Waals surface area contributed by atoms with Crippen LogP contribution in [0.15, 0.2) is 36.5 Å². The van der Waals surface area contributed by atoms with Crippen molar-refractivity contribution in [3.05, 3.63) is 47.1 Å². The van der Waals surface area contributed by atoms with E-state index in [2.05, 4.69) is 27.0 Å². The van der Waals surface area contributed by atoms with Crippen LogP contribution < -0.4 is 10.5 Å². The van der Waals surface area contributed by atoms with Gasteiger partial charge in [0.15, 0.2) is 5.65 Å². The van der Waals surface area contributed by atoms with E-state index in [9.17, 15) is 4.79 Å². The number of halogens is 1. The molecule has 9 heteroatoms. The minimum absolute atomic E-state index is 0.256. The van der Waals surface area contributed by atoms with E-state index in [1.165, 1.54) is 16.9 Å². The number of piperazine rings is 1. The Hall–Kier alpha value is -2.42. The van der Waals surface area contributed by atoms with E-state index in [1.54, 1.807) is 11.1 Å². The molecule has 3 aromatic rings. The van der Waals surface area contributed by atoms with E-state index >= 15 is 0 Å². The highest BCUT2D eigenvalue weighted by molar-refractivity contribution is 7.20. The van der Waals surface area contributed by atoms with Crippen molar-refractivity contribution >= 4 is 39.3 Å². The van der Waals surface area contributed by atoms with Gasteiger partial charge in [0.2, 0.25) is 0 Å². The summed E-state index contributed by atoms with van der Waals surface area (Å²) in [5.74, 6) is 0.733. The Morgan fingerprint density at radius 3 is 2.82 bits per heavy atom. The van der Waals surface area contributed by atoms with Crippen molar-refractivity contribution in [3.8, 4) is 10.9 Å². The summed E-state index contributed by atoms with van der Waals surface area (Å²) in [6, 6.07) is 10.2. The number of thiazole rings is 1. The van der Waals surface area contributed by atoms with Gasteiger partial charge in [-0.2, -0.15) is 4.98 Å². The molecule has 28 heavy (non-hydrogen) atoms. The summed E-state index contributed by atoms with van der Waals surface area (Å²) in [6.45, 7) is 2.47. The lowest BCUT2D eigenvalue weighted by molar-refractivity contribution is 0.137. The molecule has 0 radical (unpaired) electrons. The SMILES string of the molecule is NC(=O)N1CC2CC1CN2Cc1ccc(Oc2nc3ncc(Cl)cc3s2)cc1. The Bertz CT molecular complexity index is 1040. The van der Waals surface area contributed by atoms with Crippen LogP contribution in [0.1, 0.15) is 12.0 Å². The van der Waals surface area contributed by atoms with Gasteiger partial charge in [-0.1, -0.05) is 35.1 Å². The number of fused-ring (bicyclic) bond motifs is 3. The number of likely N-dealkylation sites (tertiary alicyclic amines) is 2. The number of benzene rings is 1. The number of aromatic nitrogens is 2. The molecule has 7 nitrogen and oxygen atoms in total. The summed E-state index contributed by atoms with van der Waals surface area (Å²) in [6.07, 6.45) is 2.59. The maximum absolute atomic E-state index is 11.4. The zero-order chi connectivity index (χ0) is 19.3. The predicted octanol–water partition coefficient (Wildman–Crippen LogP) is 3.47. The standard InChI is InChI=1S/C19H18ClN5O2S/c20-12-5-16-17(22-7-12)23-19(28-16)27-15-3-1-11(2-4-15)8-24-9-14-6-13(24)10-25(14)18(21)26/h1-5,7,13-14H,6,8-10H2,(H2,21,26). The molecule has 1 aromatic carbocycles. The molecule has 4 heterocycles. The first-order valence-electron chi connectivity index (χ1n) is 9.04. The van der Waals surface area contributed by atoms with E-state index in [0.717, 1.165) is 36.5 Å². The van der Waals surface area contributed by atoms with Crippen molar-refractivity contribution < 1.29 is 9.53 Å². The minimum Gasteiger partial charge on any atom is -0.431 e. The number of carbonyl (C=O) groups excluding carboxylic acids is 1. The molecule has 2 atom stereocenters. The molecule has 0 aliphatic carbocycles. The summed E-state index contributed by atoms with van der Waals surface area (Å²) in [5.41, 5.74) is 7.28. The van der Waals surface area contributed by atoms with Gasteiger partial charge in [-0.15, -0.1) is 0 Å². The molecule has 5 rings (SSSR count). The Morgan fingerprint density at radius 2 is 2.11 bits per heavy atom. The molecule has 2 fully saturated rings. The lowest BCUT2D eigenvalue weighted by Gasteiger charge is -2.33. The monoisotopic (exact) mass is 415 g/mol. The molecule has 0 spiro atoms. The zero-order valence-electron chi connectivity index (χ0n) is 14.9. The highest BCUT2D eigenvalue weighted by Gasteiger charge is 2.44. The molecule has 2 saturated heterocycles. The fraction of sp³-hybridized carbons (Fsp3) is 0.316. The maximum Gasteiger partial charge on any atom is 0.315 e. The van der Waals surface area contributed by atoms with E-state index in [0.29, 0.717) is 21.9 Å². The van der Waals surface area contributed by atoms with Gasteiger partial charge in [0.05, 0.1) is 9.72 Å². The molecule has 0 saturated carbocycles. The molecule has 2 aliphatic rings. The van der Waals surface area contributed by atoms with Gasteiger partial charge >= 0.3 is 6.03 Å². The van der Waals surface area contributed by atoms with Crippen molar-refractivity contribution in [1.82, 2.24) is 19.8 Å². The third-order valence-corrected chi connectivity index (χ3v) is 6.42. The minimum atomic E-state index is -0.305. The second-order valence-corrected chi connectivity index (χ2v) is 8.59. The van der Waals surface area contributed by atoms with Crippen LogP contribution >= 0.6 is 22.9 Å². The number of hydrogen-bond acceptors (Lipinski definition) is 6. The summed E-state index contributed by atoms with van der Waals surface area (Å²) in [4.78, 5) is 24.2. The fourth-order valence-corrected chi connectivity index (χ4v) is 5.09. The third kappa shape index (κ3) is 3.28. The van der Waals surface area contributed by atoms with Crippen LogP contribution in [0.4, 0.5) is 4.79 Å². The first-order valence-corrected chi connectivity index (χ1v) is 10.2. The van der Waals surface area contributed by atoms with Crippen LogP contribution in [0.25, 0.3) is 10.3 Å². The summed E-state index contributed by atoms with van der Waals surface area (Å²) >= 11 is 7.38. The Morgan fingerprint density at radius 1 is 1.29 bits per heavy atom. The van der Waals surface area contributed by atoms with Gasteiger partial charge in [-0.05, 0) is 30.2 Å². The van der Waals surface area contributed by atoms with Crippen LogP contribution in [0, 0.1) is 0 Å². The van der Waals surface area contributed by atoms with Crippen LogP contribution in [0.5, 0.6) is 10.9 Å². The predicted molar refractivity (Wildman–Crippen MR) is 108 cm³/mol. The number of ether oxygens (including phenoxy) is 1. The smallest absolute Gasteiger partial charge is 0.315 e. The number of pyridine rings is 1. The van der Waals surface area contributed by atoms with E-state index < -0.39 is 0 Å². The Kier molecular flexibility index (Phi) is 4.34. The number of carbonyl (C=O) groups is 1. The molecule has 2 amide bonds. The second kappa shape index (κ2) is 6.88. The van der Waals surface area contributed by atoms with Gasteiger partial charge in [0.1, 0.15) is 5.75 Å². The first-order chi connectivity index (χ1) is 13.5. The number of hydrogen-bond donors (Lipinski definition) is 1. The van der Waals surface area contributed by atoms with Gasteiger partial charge in [-0.25, -0.2) is 9.78 Å². The van der Waals surface area contributed by atoms with Crippen molar-refractivity contribution in [2.75, 3.05) is 13.1 Å². The largest absolute Gasteiger partial charge is 0.431 e. The molecule has 2 unspecified atom stereocenters. The molecule has 2 N–H and O–H groups in total. The van der Waals surface area contributed by atoms with Gasteiger partial charge in [0.25, 0.3) is 5.19 Å². The van der Waals surface area contributed by atoms with Gasteiger partial charge < -0.3 is 15.4 Å². The molecular weight excluding hydrogens is 398 g/mol. The highest BCUT2D eigenvalue weighted by Crippen LogP contribution is 2.33. The molecule has 2 bridgehead atoms. The van der Waals surface area contributed by atoms with Gasteiger partial charge in [0, 0.05) is 37.9 Å². The van der Waals surface area contributed by atoms with Crippen molar-refractivity contribution in [3.63, 3.8) is 0 Å². The molecule has 2 aromatic heterocycles. The Balaban J connectivity index is 1.23. The zero-order valence-corrected chi connectivity index (χ0v) is 16.5. The van der Waals surface area contributed by atoms with Crippen molar-refractivity contribution in [1.29, 1.82) is 0 Å². The number of primary amides is 1. The highest BCUT2D eigenvalue weighted by atomic mass is 35.5. The van der Waals surface area contributed by atoms with E-state index in [-0.39, 0.29) is 12.1 Å². The number of nitrogens with two attached hydrogens (primary N) is 1. The maximum atomic E-state index is 11.4. The summed E-state index contributed by atoms with van der Waals surface area (Å²) in [7, 11) is 0. The van der Waals surface area contributed by atoms with Crippen molar-refractivity contribution in [2.45, 2.75) is 25.0 Å². The number of nitrogens with zero attached hydrogens (tertiary/aromatic N) is 4. The van der Waals surface area contributed by atoms with Crippen LogP contribution in [-0.4, -0.2) is 51.0 Å². The normalized spacial score (nSPS) is 21.5. The summed E-state index contributed by atoms with van der Waals surface area (Å²) < 4.78 is 6.77. The van der Waals surface area contributed by atoms with E-state index in [1.807, 2.05) is 18.2 Å². The summed E-state index contributed by atoms with van der Waals surface area (Å²) in [5, 5.41) is 1.13. The quantitative estimate of drug-likeness (QED) is 0.705. The second-order valence-electron chi connectivity index (χ2n) is 7.16. The molecular formula is C19H18ClN5O2S. The lowest BCUT2D eigenvalue weighted by Crippen LogP contribution is -2.50.